The van der Waals surface area contributed by atoms with Crippen molar-refractivity contribution in [2.45, 2.75) is 32.2 Å². The van der Waals surface area contributed by atoms with Gasteiger partial charge in [-0.2, -0.15) is 0 Å². The molecule has 17 heavy (non-hydrogen) atoms. The summed E-state index contributed by atoms with van der Waals surface area (Å²) in [4.78, 5) is 16.0. The largest absolute Gasteiger partial charge is 0.350 e. The lowest BCUT2D eigenvalue weighted by Gasteiger charge is -2.15. The van der Waals surface area contributed by atoms with Gasteiger partial charge < -0.3 is 11.1 Å². The van der Waals surface area contributed by atoms with Gasteiger partial charge in [0.25, 0.3) is 5.91 Å². The van der Waals surface area contributed by atoms with Crippen LogP contribution < -0.4 is 11.1 Å². The highest BCUT2D eigenvalue weighted by Crippen LogP contribution is 2.23. The second-order valence-electron chi connectivity index (χ2n) is 4.73. The van der Waals surface area contributed by atoms with Crippen molar-refractivity contribution < 1.29 is 4.79 Å². The molecule has 0 spiro atoms. The summed E-state index contributed by atoms with van der Waals surface area (Å²) in [6.45, 7) is 2.54. The van der Waals surface area contributed by atoms with Gasteiger partial charge in [0, 0.05) is 18.3 Å². The fraction of sp³-hybridized carbons (Fsp3) is 0.538. The van der Waals surface area contributed by atoms with E-state index in [1.54, 1.807) is 6.07 Å². The Balaban J connectivity index is 1.89. The number of nitrogens with two attached hydrogens (primary N) is 1. The van der Waals surface area contributed by atoms with Crippen molar-refractivity contribution in [3.63, 3.8) is 0 Å². The molecule has 0 saturated heterocycles. The number of hydrogen-bond acceptors (Lipinski definition) is 3. The molecule has 1 aliphatic rings. The van der Waals surface area contributed by atoms with Crippen LogP contribution in [-0.4, -0.2) is 23.5 Å². The maximum Gasteiger partial charge on any atom is 0.269 e. The van der Waals surface area contributed by atoms with E-state index in [-0.39, 0.29) is 11.9 Å². The molecule has 1 aromatic heterocycles. The molecule has 2 unspecified atom stereocenters. The third kappa shape index (κ3) is 3.03. The van der Waals surface area contributed by atoms with Crippen molar-refractivity contribution in [2.24, 2.45) is 11.7 Å². The molecule has 1 amide bonds. The van der Waals surface area contributed by atoms with Crippen LogP contribution in [0.25, 0.3) is 0 Å². The van der Waals surface area contributed by atoms with Crippen LogP contribution in [0, 0.1) is 12.8 Å². The molecule has 1 aromatic rings. The number of carbonyl (C=O) groups excluding carboxylic acids is 1. The number of hydrogen-bond donors (Lipinski definition) is 2. The van der Waals surface area contributed by atoms with Crippen LogP contribution in [-0.2, 0) is 0 Å². The van der Waals surface area contributed by atoms with Gasteiger partial charge in [-0.15, -0.1) is 0 Å². The van der Waals surface area contributed by atoms with Crippen LogP contribution in [0.3, 0.4) is 0 Å². The van der Waals surface area contributed by atoms with Crippen LogP contribution in [0.15, 0.2) is 18.2 Å². The van der Waals surface area contributed by atoms with E-state index in [4.69, 9.17) is 5.73 Å². The molecule has 3 N–H and O–H groups in total. The Morgan fingerprint density at radius 2 is 2.35 bits per heavy atom. The van der Waals surface area contributed by atoms with Gasteiger partial charge in [0.2, 0.25) is 0 Å². The Kier molecular flexibility index (Phi) is 3.74. The summed E-state index contributed by atoms with van der Waals surface area (Å²) in [5.41, 5.74) is 7.30. The zero-order valence-electron chi connectivity index (χ0n) is 10.1. The molecule has 0 aromatic carbocycles. The SMILES string of the molecule is Cc1cccc(C(=O)NCC2CCCC2N)n1. The minimum absolute atomic E-state index is 0.104. The summed E-state index contributed by atoms with van der Waals surface area (Å²) in [6.07, 6.45) is 3.36. The van der Waals surface area contributed by atoms with E-state index in [1.807, 2.05) is 19.1 Å². The van der Waals surface area contributed by atoms with Crippen molar-refractivity contribution in [3.05, 3.63) is 29.6 Å². The van der Waals surface area contributed by atoms with Crippen molar-refractivity contribution in [1.29, 1.82) is 0 Å². The number of nitrogens with zero attached hydrogens (tertiary/aromatic N) is 1. The third-order valence-corrected chi connectivity index (χ3v) is 3.36. The monoisotopic (exact) mass is 233 g/mol. The molecule has 1 saturated carbocycles. The number of aromatic nitrogens is 1. The molecular formula is C13H19N3O. The average Bonchev–Trinajstić information content (AvgIpc) is 2.72. The van der Waals surface area contributed by atoms with Gasteiger partial charge in [-0.05, 0) is 37.8 Å². The lowest BCUT2D eigenvalue weighted by Crippen LogP contribution is -2.36. The van der Waals surface area contributed by atoms with E-state index in [1.165, 1.54) is 6.42 Å². The second-order valence-corrected chi connectivity index (χ2v) is 4.73. The molecule has 2 atom stereocenters. The highest BCUT2D eigenvalue weighted by molar-refractivity contribution is 5.92. The van der Waals surface area contributed by atoms with Crippen LogP contribution in [0.1, 0.15) is 35.4 Å². The van der Waals surface area contributed by atoms with Gasteiger partial charge in [-0.1, -0.05) is 12.5 Å². The minimum Gasteiger partial charge on any atom is -0.350 e. The smallest absolute Gasteiger partial charge is 0.269 e. The van der Waals surface area contributed by atoms with Gasteiger partial charge in [0.1, 0.15) is 5.69 Å². The van der Waals surface area contributed by atoms with Crippen LogP contribution in [0.5, 0.6) is 0 Å². The Hall–Kier alpha value is -1.42. The molecule has 0 aliphatic heterocycles. The van der Waals surface area contributed by atoms with E-state index in [2.05, 4.69) is 10.3 Å². The number of rotatable bonds is 3. The molecular weight excluding hydrogens is 214 g/mol. The van der Waals surface area contributed by atoms with Gasteiger partial charge in [-0.25, -0.2) is 4.98 Å². The molecule has 1 aliphatic carbocycles. The predicted octanol–water partition coefficient (Wildman–Crippen LogP) is 1.25. The number of carbonyl (C=O) groups is 1. The van der Waals surface area contributed by atoms with Gasteiger partial charge >= 0.3 is 0 Å². The molecule has 0 bridgehead atoms. The maximum absolute atomic E-state index is 11.8. The summed E-state index contributed by atoms with van der Waals surface area (Å²) < 4.78 is 0. The molecule has 4 heteroatoms. The highest BCUT2D eigenvalue weighted by atomic mass is 16.1. The van der Waals surface area contributed by atoms with E-state index < -0.39 is 0 Å². The highest BCUT2D eigenvalue weighted by Gasteiger charge is 2.24. The number of aryl methyl sites for hydroxylation is 1. The molecule has 0 radical (unpaired) electrons. The Bertz CT molecular complexity index is 405. The summed E-state index contributed by atoms with van der Waals surface area (Å²) in [5.74, 6) is 0.316. The topological polar surface area (TPSA) is 68.0 Å². The quantitative estimate of drug-likeness (QED) is 0.825. The summed E-state index contributed by atoms with van der Waals surface area (Å²) in [6, 6.07) is 5.69. The third-order valence-electron chi connectivity index (χ3n) is 3.36. The lowest BCUT2D eigenvalue weighted by atomic mass is 10.0. The Morgan fingerprint density at radius 1 is 1.53 bits per heavy atom. The summed E-state index contributed by atoms with van der Waals surface area (Å²) in [7, 11) is 0. The molecule has 1 heterocycles. The number of nitrogens with one attached hydrogen (secondary N) is 1. The first-order valence-electron chi connectivity index (χ1n) is 6.14. The van der Waals surface area contributed by atoms with Crippen LogP contribution >= 0.6 is 0 Å². The first kappa shape index (κ1) is 12.0. The average molecular weight is 233 g/mol. The van der Waals surface area contributed by atoms with Crippen LogP contribution in [0.4, 0.5) is 0 Å². The Labute approximate surface area is 102 Å². The van der Waals surface area contributed by atoms with E-state index in [0.717, 1.165) is 18.5 Å². The summed E-state index contributed by atoms with van der Waals surface area (Å²) >= 11 is 0. The summed E-state index contributed by atoms with van der Waals surface area (Å²) in [5, 5.41) is 2.92. The number of pyridine rings is 1. The fourth-order valence-electron chi connectivity index (χ4n) is 2.30. The standard InChI is InChI=1S/C13H19N3O/c1-9-4-2-7-12(16-9)13(17)15-8-10-5-3-6-11(10)14/h2,4,7,10-11H,3,5-6,8,14H2,1H3,(H,15,17). The second kappa shape index (κ2) is 5.27. The molecule has 1 fully saturated rings. The zero-order chi connectivity index (χ0) is 12.3. The molecule has 4 nitrogen and oxygen atoms in total. The normalized spacial score (nSPS) is 23.6. The molecule has 92 valence electrons. The number of amides is 1. The van der Waals surface area contributed by atoms with Gasteiger partial charge in [-0.3, -0.25) is 4.79 Å². The zero-order valence-corrected chi connectivity index (χ0v) is 10.1. The first-order chi connectivity index (χ1) is 8.16. The van der Waals surface area contributed by atoms with Gasteiger partial charge in [0.05, 0.1) is 0 Å². The van der Waals surface area contributed by atoms with Crippen molar-refractivity contribution in [2.75, 3.05) is 6.54 Å². The first-order valence-corrected chi connectivity index (χ1v) is 6.14. The van der Waals surface area contributed by atoms with E-state index in [0.29, 0.717) is 18.2 Å². The van der Waals surface area contributed by atoms with Crippen LogP contribution in [0.2, 0.25) is 0 Å². The van der Waals surface area contributed by atoms with Crippen molar-refractivity contribution >= 4 is 5.91 Å². The Morgan fingerprint density at radius 3 is 3.00 bits per heavy atom. The lowest BCUT2D eigenvalue weighted by molar-refractivity contribution is 0.0941. The molecule has 2 rings (SSSR count). The van der Waals surface area contributed by atoms with Gasteiger partial charge in [0.15, 0.2) is 0 Å². The fourth-order valence-corrected chi connectivity index (χ4v) is 2.30. The van der Waals surface area contributed by atoms with Crippen molar-refractivity contribution in [3.8, 4) is 0 Å². The maximum atomic E-state index is 11.8. The van der Waals surface area contributed by atoms with E-state index >= 15 is 0 Å². The van der Waals surface area contributed by atoms with E-state index in [9.17, 15) is 4.79 Å². The van der Waals surface area contributed by atoms with Crippen molar-refractivity contribution in [1.82, 2.24) is 10.3 Å². The minimum atomic E-state index is -0.104. The predicted molar refractivity (Wildman–Crippen MR) is 66.6 cm³/mol.